The summed E-state index contributed by atoms with van der Waals surface area (Å²) in [6.07, 6.45) is 0. The molecular formula is C14H11N5O2. The fourth-order valence-corrected chi connectivity index (χ4v) is 2.17. The predicted octanol–water partition coefficient (Wildman–Crippen LogP) is 0.971. The van der Waals surface area contributed by atoms with Gasteiger partial charge in [-0.25, -0.2) is 9.78 Å². The van der Waals surface area contributed by atoms with E-state index in [-0.39, 0.29) is 5.52 Å². The van der Waals surface area contributed by atoms with E-state index in [1.807, 2.05) is 6.07 Å². The average Bonchev–Trinajstić information content (AvgIpc) is 2.93. The zero-order chi connectivity index (χ0) is 15.0. The smallest absolute Gasteiger partial charge is 0.330 e. The Kier molecular flexibility index (Phi) is 2.92. The SMILES string of the molecule is CCn1c(=O)[nH]c(=O)c2[nH]c(-c3ccc(C#N)cc3)nc21. The lowest BCUT2D eigenvalue weighted by atomic mass is 10.1. The minimum Gasteiger partial charge on any atom is -0.332 e. The van der Waals surface area contributed by atoms with Gasteiger partial charge in [0.1, 0.15) is 11.3 Å². The van der Waals surface area contributed by atoms with Crippen molar-refractivity contribution in [2.24, 2.45) is 0 Å². The highest BCUT2D eigenvalue weighted by Gasteiger charge is 2.12. The molecular weight excluding hydrogens is 270 g/mol. The normalized spacial score (nSPS) is 10.7. The van der Waals surface area contributed by atoms with Gasteiger partial charge in [-0.05, 0) is 31.2 Å². The van der Waals surface area contributed by atoms with E-state index in [1.165, 1.54) is 4.57 Å². The van der Waals surface area contributed by atoms with Crippen LogP contribution in [0.2, 0.25) is 0 Å². The van der Waals surface area contributed by atoms with Gasteiger partial charge < -0.3 is 4.98 Å². The number of aromatic amines is 2. The molecule has 0 atom stereocenters. The van der Waals surface area contributed by atoms with Gasteiger partial charge in [0.15, 0.2) is 5.65 Å². The summed E-state index contributed by atoms with van der Waals surface area (Å²) in [6.45, 7) is 2.21. The third-order valence-corrected chi connectivity index (χ3v) is 3.24. The zero-order valence-electron chi connectivity index (χ0n) is 11.2. The molecule has 0 aliphatic rings. The molecule has 0 unspecified atom stereocenters. The van der Waals surface area contributed by atoms with Crippen molar-refractivity contribution in [1.29, 1.82) is 5.26 Å². The Morgan fingerprint density at radius 3 is 2.57 bits per heavy atom. The summed E-state index contributed by atoms with van der Waals surface area (Å²) in [4.78, 5) is 33.1. The molecule has 3 aromatic rings. The van der Waals surface area contributed by atoms with Gasteiger partial charge in [0.2, 0.25) is 0 Å². The second-order valence-electron chi connectivity index (χ2n) is 4.48. The molecule has 7 nitrogen and oxygen atoms in total. The number of nitrogens with one attached hydrogen (secondary N) is 2. The molecule has 2 aromatic heterocycles. The number of benzene rings is 1. The monoisotopic (exact) mass is 281 g/mol. The molecule has 0 bridgehead atoms. The van der Waals surface area contributed by atoms with Crippen molar-refractivity contribution in [1.82, 2.24) is 19.5 Å². The number of nitriles is 1. The summed E-state index contributed by atoms with van der Waals surface area (Å²) < 4.78 is 1.39. The van der Waals surface area contributed by atoms with E-state index in [9.17, 15) is 9.59 Å². The van der Waals surface area contributed by atoms with E-state index < -0.39 is 11.2 Å². The van der Waals surface area contributed by atoms with Gasteiger partial charge in [-0.1, -0.05) is 0 Å². The Morgan fingerprint density at radius 1 is 1.24 bits per heavy atom. The van der Waals surface area contributed by atoms with Crippen LogP contribution in [0.25, 0.3) is 22.6 Å². The standard InChI is InChI=1S/C14H11N5O2/c1-2-19-12-10(13(20)18-14(19)21)16-11(17-12)9-5-3-8(7-15)4-6-9/h3-6H,2H2,1H3,(H,16,17)(H,18,20,21). The zero-order valence-corrected chi connectivity index (χ0v) is 11.2. The van der Waals surface area contributed by atoms with Gasteiger partial charge in [0.25, 0.3) is 5.56 Å². The van der Waals surface area contributed by atoms with Gasteiger partial charge in [-0.15, -0.1) is 0 Å². The third-order valence-electron chi connectivity index (χ3n) is 3.24. The molecule has 3 rings (SSSR count). The van der Waals surface area contributed by atoms with E-state index >= 15 is 0 Å². The van der Waals surface area contributed by atoms with E-state index in [1.54, 1.807) is 31.2 Å². The molecule has 0 fully saturated rings. The Hall–Kier alpha value is -3.14. The lowest BCUT2D eigenvalue weighted by Crippen LogP contribution is -2.29. The molecule has 104 valence electrons. The van der Waals surface area contributed by atoms with Crippen LogP contribution in [0.15, 0.2) is 33.9 Å². The van der Waals surface area contributed by atoms with E-state index in [2.05, 4.69) is 15.0 Å². The van der Waals surface area contributed by atoms with Crippen LogP contribution >= 0.6 is 0 Å². The topological polar surface area (TPSA) is 107 Å². The van der Waals surface area contributed by atoms with Crippen LogP contribution in [0, 0.1) is 11.3 Å². The van der Waals surface area contributed by atoms with Gasteiger partial charge in [-0.2, -0.15) is 5.26 Å². The first-order valence-electron chi connectivity index (χ1n) is 6.37. The third kappa shape index (κ3) is 2.03. The Morgan fingerprint density at radius 2 is 1.95 bits per heavy atom. The minimum atomic E-state index is -0.493. The number of aromatic nitrogens is 4. The lowest BCUT2D eigenvalue weighted by Gasteiger charge is -1.99. The van der Waals surface area contributed by atoms with Gasteiger partial charge in [0, 0.05) is 12.1 Å². The van der Waals surface area contributed by atoms with Crippen molar-refractivity contribution in [3.8, 4) is 17.5 Å². The summed E-state index contributed by atoms with van der Waals surface area (Å²) in [6, 6.07) is 8.84. The number of imidazole rings is 1. The second-order valence-corrected chi connectivity index (χ2v) is 4.48. The fraction of sp³-hybridized carbons (Fsp3) is 0.143. The highest BCUT2D eigenvalue weighted by molar-refractivity contribution is 5.75. The molecule has 0 saturated heterocycles. The molecule has 0 spiro atoms. The first-order valence-corrected chi connectivity index (χ1v) is 6.37. The summed E-state index contributed by atoms with van der Waals surface area (Å²) in [5.74, 6) is 0.479. The first kappa shape index (κ1) is 12.9. The van der Waals surface area contributed by atoms with Crippen molar-refractivity contribution < 1.29 is 0 Å². The van der Waals surface area contributed by atoms with E-state index in [0.29, 0.717) is 23.6 Å². The Labute approximate surface area is 118 Å². The van der Waals surface area contributed by atoms with E-state index in [0.717, 1.165) is 5.56 Å². The van der Waals surface area contributed by atoms with Crippen LogP contribution in [-0.4, -0.2) is 19.5 Å². The molecule has 1 aromatic carbocycles. The molecule has 0 radical (unpaired) electrons. The van der Waals surface area contributed by atoms with Crippen molar-refractivity contribution in [3.05, 3.63) is 50.7 Å². The number of hydrogen-bond acceptors (Lipinski definition) is 4. The molecule has 7 heteroatoms. The Bertz CT molecular complexity index is 970. The molecule has 0 saturated carbocycles. The van der Waals surface area contributed by atoms with Crippen molar-refractivity contribution >= 4 is 11.2 Å². The number of H-pyrrole nitrogens is 2. The summed E-state index contributed by atoms with van der Waals surface area (Å²) >= 11 is 0. The van der Waals surface area contributed by atoms with Crippen LogP contribution in [0.1, 0.15) is 12.5 Å². The molecule has 2 heterocycles. The number of hydrogen-bond donors (Lipinski definition) is 2. The number of aryl methyl sites for hydroxylation is 1. The highest BCUT2D eigenvalue weighted by atomic mass is 16.2. The molecule has 0 aliphatic heterocycles. The number of rotatable bonds is 2. The lowest BCUT2D eigenvalue weighted by molar-refractivity contribution is 0.720. The summed E-state index contributed by atoms with van der Waals surface area (Å²) in [5, 5.41) is 8.79. The van der Waals surface area contributed by atoms with Crippen LogP contribution in [0.5, 0.6) is 0 Å². The molecule has 21 heavy (non-hydrogen) atoms. The fourth-order valence-electron chi connectivity index (χ4n) is 2.17. The van der Waals surface area contributed by atoms with Crippen LogP contribution < -0.4 is 11.2 Å². The number of fused-ring (bicyclic) bond motifs is 1. The maximum absolute atomic E-state index is 11.8. The quantitative estimate of drug-likeness (QED) is 0.729. The minimum absolute atomic E-state index is 0.260. The largest absolute Gasteiger partial charge is 0.332 e. The average molecular weight is 281 g/mol. The van der Waals surface area contributed by atoms with Crippen molar-refractivity contribution in [2.75, 3.05) is 0 Å². The van der Waals surface area contributed by atoms with Crippen LogP contribution in [-0.2, 0) is 6.54 Å². The maximum atomic E-state index is 11.8. The van der Waals surface area contributed by atoms with Gasteiger partial charge in [0.05, 0.1) is 11.6 Å². The molecule has 2 N–H and O–H groups in total. The molecule has 0 aliphatic carbocycles. The van der Waals surface area contributed by atoms with Crippen LogP contribution in [0.3, 0.4) is 0 Å². The van der Waals surface area contributed by atoms with Crippen LogP contribution in [0.4, 0.5) is 0 Å². The van der Waals surface area contributed by atoms with Gasteiger partial charge >= 0.3 is 5.69 Å². The Balaban J connectivity index is 2.26. The highest BCUT2D eigenvalue weighted by Crippen LogP contribution is 2.18. The predicted molar refractivity (Wildman–Crippen MR) is 76.8 cm³/mol. The number of nitrogens with zero attached hydrogens (tertiary/aromatic N) is 3. The van der Waals surface area contributed by atoms with Crippen molar-refractivity contribution in [2.45, 2.75) is 13.5 Å². The maximum Gasteiger partial charge on any atom is 0.330 e. The summed E-state index contributed by atoms with van der Waals surface area (Å²) in [5.41, 5.74) is 0.888. The van der Waals surface area contributed by atoms with Gasteiger partial charge in [-0.3, -0.25) is 14.3 Å². The molecule has 0 amide bonds. The first-order chi connectivity index (χ1) is 10.1. The summed E-state index contributed by atoms with van der Waals surface area (Å²) in [7, 11) is 0. The van der Waals surface area contributed by atoms with E-state index in [4.69, 9.17) is 5.26 Å². The van der Waals surface area contributed by atoms with Crippen molar-refractivity contribution in [3.63, 3.8) is 0 Å². The second kappa shape index (κ2) is 4.76.